The number of esters is 1. The molecule has 0 aromatic heterocycles. The topological polar surface area (TPSA) is 72.5 Å². The van der Waals surface area contributed by atoms with Crippen LogP contribution in [0.4, 0.5) is 0 Å². The summed E-state index contributed by atoms with van der Waals surface area (Å²) in [5.74, 6) is -0.246. The van der Waals surface area contributed by atoms with Gasteiger partial charge < -0.3 is 15.6 Å². The Balaban J connectivity index is 2.93. The number of hydrogen-bond acceptors (Lipinski definition) is 4. The first-order chi connectivity index (χ1) is 8.43. The van der Waals surface area contributed by atoms with Crippen molar-refractivity contribution in [3.63, 3.8) is 0 Å². The van der Waals surface area contributed by atoms with Crippen molar-refractivity contribution in [1.29, 1.82) is 0 Å². The third-order valence-electron chi connectivity index (χ3n) is 3.04. The average molecular weight is 251 g/mol. The number of ether oxygens (including phenoxy) is 1. The molecule has 0 bridgehead atoms. The predicted octanol–water partition coefficient (Wildman–Crippen LogP) is 1.52. The highest BCUT2D eigenvalue weighted by atomic mass is 16.5. The lowest BCUT2D eigenvalue weighted by Crippen LogP contribution is -2.31. The summed E-state index contributed by atoms with van der Waals surface area (Å²) in [7, 11) is 0. The quantitative estimate of drug-likeness (QED) is 0.778. The van der Waals surface area contributed by atoms with Crippen LogP contribution < -0.4 is 5.73 Å². The van der Waals surface area contributed by atoms with Gasteiger partial charge in [0.1, 0.15) is 0 Å². The van der Waals surface area contributed by atoms with Crippen molar-refractivity contribution in [1.82, 2.24) is 0 Å². The molecule has 0 fully saturated rings. The van der Waals surface area contributed by atoms with Gasteiger partial charge in [0.2, 0.25) is 0 Å². The molecule has 18 heavy (non-hydrogen) atoms. The molecular formula is C14H21NO3. The Bertz CT molecular complexity index is 398. The lowest BCUT2D eigenvalue weighted by Gasteiger charge is -2.23. The van der Waals surface area contributed by atoms with Crippen LogP contribution in [0, 0.1) is 0 Å². The van der Waals surface area contributed by atoms with Gasteiger partial charge >= 0.3 is 5.97 Å². The van der Waals surface area contributed by atoms with Crippen LogP contribution in [0.2, 0.25) is 0 Å². The maximum atomic E-state index is 11.9. The van der Waals surface area contributed by atoms with Crippen molar-refractivity contribution in [3.8, 4) is 0 Å². The molecule has 1 atom stereocenters. The number of rotatable bonds is 5. The smallest absolute Gasteiger partial charge is 0.315 e. The number of benzene rings is 1. The third kappa shape index (κ3) is 3.09. The largest absolute Gasteiger partial charge is 0.465 e. The van der Waals surface area contributed by atoms with Crippen LogP contribution in [0.5, 0.6) is 0 Å². The van der Waals surface area contributed by atoms with Crippen molar-refractivity contribution >= 4 is 5.97 Å². The normalized spacial score (nSPS) is 13.2. The maximum absolute atomic E-state index is 11.9. The first kappa shape index (κ1) is 14.7. The molecule has 4 nitrogen and oxygen atoms in total. The summed E-state index contributed by atoms with van der Waals surface area (Å²) in [5.41, 5.74) is 6.75. The summed E-state index contributed by atoms with van der Waals surface area (Å²) in [6.07, 6.45) is 0. The fourth-order valence-corrected chi connectivity index (χ4v) is 1.68. The van der Waals surface area contributed by atoms with Crippen LogP contribution >= 0.6 is 0 Å². The van der Waals surface area contributed by atoms with Crippen molar-refractivity contribution in [2.24, 2.45) is 5.73 Å². The van der Waals surface area contributed by atoms with E-state index in [1.807, 2.05) is 38.1 Å². The van der Waals surface area contributed by atoms with Gasteiger partial charge in [-0.25, -0.2) is 0 Å². The van der Waals surface area contributed by atoms with Crippen LogP contribution in [0.25, 0.3) is 0 Å². The van der Waals surface area contributed by atoms with E-state index in [0.29, 0.717) is 6.61 Å². The van der Waals surface area contributed by atoms with Gasteiger partial charge in [0.05, 0.1) is 24.7 Å². The van der Waals surface area contributed by atoms with Crippen molar-refractivity contribution in [2.75, 3.05) is 13.2 Å². The minimum Gasteiger partial charge on any atom is -0.465 e. The Morgan fingerprint density at radius 3 is 2.39 bits per heavy atom. The lowest BCUT2D eigenvalue weighted by molar-refractivity contribution is -0.148. The van der Waals surface area contributed by atoms with Gasteiger partial charge in [0, 0.05) is 0 Å². The van der Waals surface area contributed by atoms with Crippen molar-refractivity contribution in [3.05, 3.63) is 35.4 Å². The van der Waals surface area contributed by atoms with Crippen LogP contribution in [-0.4, -0.2) is 24.3 Å². The zero-order valence-electron chi connectivity index (χ0n) is 11.1. The van der Waals surface area contributed by atoms with Gasteiger partial charge in [-0.2, -0.15) is 0 Å². The highest BCUT2D eigenvalue weighted by molar-refractivity contribution is 5.82. The highest BCUT2D eigenvalue weighted by Crippen LogP contribution is 2.26. The number of nitrogens with two attached hydrogens (primary N) is 1. The van der Waals surface area contributed by atoms with Gasteiger partial charge in [0.25, 0.3) is 0 Å². The summed E-state index contributed by atoms with van der Waals surface area (Å²) < 4.78 is 5.06. The van der Waals surface area contributed by atoms with E-state index in [-0.39, 0.29) is 18.6 Å². The number of carbonyl (C=O) groups excluding carboxylic acids is 1. The molecule has 0 aliphatic carbocycles. The molecule has 0 saturated heterocycles. The molecule has 0 unspecified atom stereocenters. The standard InChI is InChI=1S/C14H21NO3/c1-4-18-13(17)14(2,3)11-7-5-10(6-8-11)12(15)9-16/h5-8,12,16H,4,9,15H2,1-3H3/t12-/m1/s1. The molecule has 0 amide bonds. The molecule has 1 aromatic carbocycles. The van der Waals surface area contributed by atoms with Gasteiger partial charge in [-0.15, -0.1) is 0 Å². The van der Waals surface area contributed by atoms with Gasteiger partial charge in [-0.3, -0.25) is 4.79 Å². The molecule has 1 aromatic rings. The number of carbonyl (C=O) groups is 1. The van der Waals surface area contributed by atoms with E-state index < -0.39 is 5.41 Å². The Hall–Kier alpha value is -1.39. The summed E-state index contributed by atoms with van der Waals surface area (Å²) in [5, 5.41) is 8.98. The SMILES string of the molecule is CCOC(=O)C(C)(C)c1ccc([C@H](N)CO)cc1. The Morgan fingerprint density at radius 2 is 1.94 bits per heavy atom. The van der Waals surface area contributed by atoms with E-state index in [4.69, 9.17) is 15.6 Å². The van der Waals surface area contributed by atoms with Crippen LogP contribution in [0.3, 0.4) is 0 Å². The van der Waals surface area contributed by atoms with Crippen molar-refractivity contribution in [2.45, 2.75) is 32.2 Å². The monoisotopic (exact) mass is 251 g/mol. The molecule has 0 aliphatic heterocycles. The Kier molecular flexibility index (Phi) is 4.87. The predicted molar refractivity (Wildman–Crippen MR) is 70.1 cm³/mol. The Morgan fingerprint density at radius 1 is 1.39 bits per heavy atom. The molecule has 1 rings (SSSR count). The fraction of sp³-hybridized carbons (Fsp3) is 0.500. The molecular weight excluding hydrogens is 230 g/mol. The van der Waals surface area contributed by atoms with Gasteiger partial charge in [-0.05, 0) is 31.9 Å². The third-order valence-corrected chi connectivity index (χ3v) is 3.04. The van der Waals surface area contributed by atoms with Crippen LogP contribution in [0.15, 0.2) is 24.3 Å². The van der Waals surface area contributed by atoms with Crippen LogP contribution in [-0.2, 0) is 14.9 Å². The zero-order chi connectivity index (χ0) is 13.8. The molecule has 0 saturated carbocycles. The molecule has 100 valence electrons. The summed E-state index contributed by atoms with van der Waals surface area (Å²) in [6, 6.07) is 6.97. The minimum atomic E-state index is -0.683. The second-order valence-corrected chi connectivity index (χ2v) is 4.76. The molecule has 4 heteroatoms. The van der Waals surface area contributed by atoms with E-state index in [2.05, 4.69) is 0 Å². The molecule has 0 aliphatic rings. The fourth-order valence-electron chi connectivity index (χ4n) is 1.68. The maximum Gasteiger partial charge on any atom is 0.315 e. The first-order valence-electron chi connectivity index (χ1n) is 6.07. The second-order valence-electron chi connectivity index (χ2n) is 4.76. The number of hydrogen-bond donors (Lipinski definition) is 2. The van der Waals surface area contributed by atoms with E-state index in [9.17, 15) is 4.79 Å². The molecule has 0 spiro atoms. The highest BCUT2D eigenvalue weighted by Gasteiger charge is 2.31. The van der Waals surface area contributed by atoms with E-state index in [1.54, 1.807) is 6.92 Å². The van der Waals surface area contributed by atoms with E-state index in [0.717, 1.165) is 11.1 Å². The second kappa shape index (κ2) is 5.98. The first-order valence-corrected chi connectivity index (χ1v) is 6.07. The molecule has 3 N–H and O–H groups in total. The van der Waals surface area contributed by atoms with E-state index >= 15 is 0 Å². The van der Waals surface area contributed by atoms with Crippen molar-refractivity contribution < 1.29 is 14.6 Å². The van der Waals surface area contributed by atoms with Crippen LogP contribution in [0.1, 0.15) is 37.9 Å². The van der Waals surface area contributed by atoms with E-state index in [1.165, 1.54) is 0 Å². The number of aliphatic hydroxyl groups is 1. The lowest BCUT2D eigenvalue weighted by atomic mass is 9.84. The van der Waals surface area contributed by atoms with Gasteiger partial charge in [-0.1, -0.05) is 24.3 Å². The Labute approximate surface area is 108 Å². The number of aliphatic hydroxyl groups excluding tert-OH is 1. The summed E-state index contributed by atoms with van der Waals surface area (Å²) in [6.45, 7) is 5.71. The average Bonchev–Trinajstić information content (AvgIpc) is 2.38. The summed E-state index contributed by atoms with van der Waals surface area (Å²) in [4.78, 5) is 11.9. The summed E-state index contributed by atoms with van der Waals surface area (Å²) >= 11 is 0. The molecule has 0 radical (unpaired) electrons. The molecule has 0 heterocycles. The minimum absolute atomic E-state index is 0.0966. The van der Waals surface area contributed by atoms with Gasteiger partial charge in [0.15, 0.2) is 0 Å². The zero-order valence-corrected chi connectivity index (χ0v) is 11.1.